The predicted molar refractivity (Wildman–Crippen MR) is 60.5 cm³/mol. The minimum atomic E-state index is -0.554. The van der Waals surface area contributed by atoms with E-state index in [4.69, 9.17) is 4.74 Å². The van der Waals surface area contributed by atoms with Gasteiger partial charge in [-0.3, -0.25) is 4.79 Å². The van der Waals surface area contributed by atoms with Crippen molar-refractivity contribution in [2.24, 2.45) is 11.8 Å². The van der Waals surface area contributed by atoms with Gasteiger partial charge < -0.3 is 9.84 Å². The second-order valence-corrected chi connectivity index (χ2v) is 4.46. The molecule has 0 aromatic heterocycles. The van der Waals surface area contributed by atoms with Crippen LogP contribution in [0.4, 0.5) is 0 Å². The van der Waals surface area contributed by atoms with E-state index in [1.807, 2.05) is 6.92 Å². The van der Waals surface area contributed by atoms with Crippen LogP contribution in [0.25, 0.3) is 0 Å². The molecule has 0 rings (SSSR count). The fourth-order valence-electron chi connectivity index (χ4n) is 1.63. The number of esters is 1. The SMILES string of the molecule is CCC[C@@H](O)[C@@H](CCC(C)C)C(=O)OC. The zero-order valence-corrected chi connectivity index (χ0v) is 10.3. The number of aliphatic hydroxyl groups is 1. The molecule has 2 atom stereocenters. The fraction of sp³-hybridized carbons (Fsp3) is 0.917. The smallest absolute Gasteiger partial charge is 0.311 e. The zero-order chi connectivity index (χ0) is 11.8. The van der Waals surface area contributed by atoms with Gasteiger partial charge in [0.1, 0.15) is 0 Å². The Morgan fingerprint density at radius 3 is 2.27 bits per heavy atom. The van der Waals surface area contributed by atoms with E-state index in [2.05, 4.69) is 13.8 Å². The van der Waals surface area contributed by atoms with E-state index in [1.54, 1.807) is 0 Å². The maximum atomic E-state index is 11.5. The van der Waals surface area contributed by atoms with Gasteiger partial charge in [-0.25, -0.2) is 0 Å². The largest absolute Gasteiger partial charge is 0.469 e. The third-order valence-electron chi connectivity index (χ3n) is 2.61. The molecule has 0 aliphatic rings. The summed E-state index contributed by atoms with van der Waals surface area (Å²) in [5.74, 6) is -0.0834. The summed E-state index contributed by atoms with van der Waals surface area (Å²) in [7, 11) is 1.38. The molecule has 0 aliphatic carbocycles. The lowest BCUT2D eigenvalue weighted by Crippen LogP contribution is -2.29. The zero-order valence-electron chi connectivity index (χ0n) is 10.3. The summed E-state index contributed by atoms with van der Waals surface area (Å²) in [6, 6.07) is 0. The summed E-state index contributed by atoms with van der Waals surface area (Å²) in [5.41, 5.74) is 0. The highest BCUT2D eigenvalue weighted by Gasteiger charge is 2.26. The summed E-state index contributed by atoms with van der Waals surface area (Å²) in [5, 5.41) is 9.82. The van der Waals surface area contributed by atoms with E-state index in [1.165, 1.54) is 7.11 Å². The third-order valence-corrected chi connectivity index (χ3v) is 2.61. The molecule has 3 heteroatoms. The second kappa shape index (κ2) is 7.69. The van der Waals surface area contributed by atoms with Crippen molar-refractivity contribution in [3.05, 3.63) is 0 Å². The standard InChI is InChI=1S/C12H24O3/c1-5-6-11(13)10(12(14)15-4)8-7-9(2)3/h9-11,13H,5-8H2,1-4H3/t10-,11-/m1/s1. The van der Waals surface area contributed by atoms with E-state index in [9.17, 15) is 9.90 Å². The Hall–Kier alpha value is -0.570. The molecule has 15 heavy (non-hydrogen) atoms. The van der Waals surface area contributed by atoms with Crippen LogP contribution >= 0.6 is 0 Å². The quantitative estimate of drug-likeness (QED) is 0.665. The highest BCUT2D eigenvalue weighted by atomic mass is 16.5. The normalized spacial score (nSPS) is 15.1. The van der Waals surface area contributed by atoms with E-state index in [0.717, 1.165) is 12.8 Å². The van der Waals surface area contributed by atoms with Gasteiger partial charge in [-0.2, -0.15) is 0 Å². The van der Waals surface area contributed by atoms with Crippen molar-refractivity contribution in [1.82, 2.24) is 0 Å². The summed E-state index contributed by atoms with van der Waals surface area (Å²) in [4.78, 5) is 11.5. The number of hydrogen-bond acceptors (Lipinski definition) is 3. The van der Waals surface area contributed by atoms with Crippen molar-refractivity contribution in [2.45, 2.75) is 52.6 Å². The second-order valence-electron chi connectivity index (χ2n) is 4.46. The van der Waals surface area contributed by atoms with Crippen molar-refractivity contribution in [2.75, 3.05) is 7.11 Å². The van der Waals surface area contributed by atoms with Gasteiger partial charge in [-0.05, 0) is 18.8 Å². The lowest BCUT2D eigenvalue weighted by Gasteiger charge is -2.20. The fourth-order valence-corrected chi connectivity index (χ4v) is 1.63. The average molecular weight is 216 g/mol. The van der Waals surface area contributed by atoms with E-state index >= 15 is 0 Å². The predicted octanol–water partition coefficient (Wildman–Crippen LogP) is 2.37. The molecule has 0 fully saturated rings. The molecule has 0 amide bonds. The molecule has 0 aliphatic heterocycles. The Kier molecular flexibility index (Phi) is 7.39. The molecular formula is C12H24O3. The molecule has 3 nitrogen and oxygen atoms in total. The Labute approximate surface area is 92.8 Å². The first-order chi connectivity index (χ1) is 7.02. The molecule has 1 N–H and O–H groups in total. The first-order valence-corrected chi connectivity index (χ1v) is 5.78. The molecule has 0 aromatic rings. The van der Waals surface area contributed by atoms with Crippen LogP contribution in [0, 0.1) is 11.8 Å². The maximum Gasteiger partial charge on any atom is 0.311 e. The van der Waals surface area contributed by atoms with Crippen LogP contribution in [0.1, 0.15) is 46.5 Å². The topological polar surface area (TPSA) is 46.5 Å². The Morgan fingerprint density at radius 2 is 1.87 bits per heavy atom. The van der Waals surface area contributed by atoms with Crippen LogP contribution in [0.3, 0.4) is 0 Å². The minimum absolute atomic E-state index is 0.281. The third kappa shape index (κ3) is 5.78. The number of rotatable bonds is 7. The van der Waals surface area contributed by atoms with Crippen molar-refractivity contribution < 1.29 is 14.6 Å². The van der Waals surface area contributed by atoms with Gasteiger partial charge in [-0.15, -0.1) is 0 Å². The maximum absolute atomic E-state index is 11.5. The molecule has 0 radical (unpaired) electrons. The van der Waals surface area contributed by atoms with E-state index < -0.39 is 6.10 Å². The molecule has 0 spiro atoms. The lowest BCUT2D eigenvalue weighted by atomic mass is 9.91. The van der Waals surface area contributed by atoms with Crippen molar-refractivity contribution in [3.8, 4) is 0 Å². The van der Waals surface area contributed by atoms with Crippen LogP contribution in [0.2, 0.25) is 0 Å². The van der Waals surface area contributed by atoms with E-state index in [-0.39, 0.29) is 11.9 Å². The number of methoxy groups -OCH3 is 1. The molecular weight excluding hydrogens is 192 g/mol. The average Bonchev–Trinajstić information content (AvgIpc) is 2.17. The van der Waals surface area contributed by atoms with Gasteiger partial charge in [0, 0.05) is 0 Å². The van der Waals surface area contributed by atoms with Gasteiger partial charge in [0.25, 0.3) is 0 Å². The molecule has 0 unspecified atom stereocenters. The Balaban J connectivity index is 4.23. The number of hydrogen-bond donors (Lipinski definition) is 1. The number of carbonyl (C=O) groups is 1. The summed E-state index contributed by atoms with van der Waals surface area (Å²) in [6.45, 7) is 6.22. The number of ether oxygens (including phenoxy) is 1. The van der Waals surface area contributed by atoms with Crippen molar-refractivity contribution in [3.63, 3.8) is 0 Å². The number of aliphatic hydroxyl groups excluding tert-OH is 1. The summed E-state index contributed by atoms with van der Waals surface area (Å²) >= 11 is 0. The first-order valence-electron chi connectivity index (χ1n) is 5.78. The molecule has 0 bridgehead atoms. The lowest BCUT2D eigenvalue weighted by molar-refractivity contribution is -0.150. The Morgan fingerprint density at radius 1 is 1.27 bits per heavy atom. The van der Waals surface area contributed by atoms with Gasteiger partial charge in [0.05, 0.1) is 19.1 Å². The van der Waals surface area contributed by atoms with E-state index in [0.29, 0.717) is 18.8 Å². The summed E-state index contributed by atoms with van der Waals surface area (Å²) in [6.07, 6.45) is 2.65. The number of carbonyl (C=O) groups excluding carboxylic acids is 1. The van der Waals surface area contributed by atoms with Crippen LogP contribution in [-0.2, 0) is 9.53 Å². The molecule has 0 aromatic carbocycles. The van der Waals surface area contributed by atoms with Crippen LogP contribution < -0.4 is 0 Å². The monoisotopic (exact) mass is 216 g/mol. The van der Waals surface area contributed by atoms with Crippen LogP contribution in [0.15, 0.2) is 0 Å². The molecule has 0 saturated carbocycles. The van der Waals surface area contributed by atoms with Gasteiger partial charge in [0.15, 0.2) is 0 Å². The molecule has 90 valence electrons. The molecule has 0 saturated heterocycles. The van der Waals surface area contributed by atoms with Gasteiger partial charge in [-0.1, -0.05) is 33.6 Å². The Bertz CT molecular complexity index is 178. The van der Waals surface area contributed by atoms with Crippen LogP contribution in [-0.4, -0.2) is 24.3 Å². The highest BCUT2D eigenvalue weighted by Crippen LogP contribution is 2.20. The minimum Gasteiger partial charge on any atom is -0.469 e. The van der Waals surface area contributed by atoms with Crippen molar-refractivity contribution >= 4 is 5.97 Å². The summed E-state index contributed by atoms with van der Waals surface area (Å²) < 4.78 is 4.71. The highest BCUT2D eigenvalue weighted by molar-refractivity contribution is 5.72. The van der Waals surface area contributed by atoms with Crippen molar-refractivity contribution in [1.29, 1.82) is 0 Å². The first kappa shape index (κ1) is 14.4. The van der Waals surface area contributed by atoms with Gasteiger partial charge in [0.2, 0.25) is 0 Å². The van der Waals surface area contributed by atoms with Crippen LogP contribution in [0.5, 0.6) is 0 Å². The van der Waals surface area contributed by atoms with Gasteiger partial charge >= 0.3 is 5.97 Å². The molecule has 0 heterocycles.